The lowest BCUT2D eigenvalue weighted by atomic mass is 10.1. The second-order valence-corrected chi connectivity index (χ2v) is 7.59. The topological polar surface area (TPSA) is 113 Å². The van der Waals surface area contributed by atoms with Gasteiger partial charge in [0.15, 0.2) is 0 Å². The maximum absolute atomic E-state index is 12.9. The van der Waals surface area contributed by atoms with Crippen molar-refractivity contribution in [2.75, 3.05) is 26.3 Å². The van der Waals surface area contributed by atoms with Crippen molar-refractivity contribution >= 4 is 21.9 Å². The molecule has 0 bridgehead atoms. The van der Waals surface area contributed by atoms with E-state index in [0.29, 0.717) is 0 Å². The number of aliphatic carboxylic acids is 1. The highest BCUT2D eigenvalue weighted by Gasteiger charge is 2.31. The molecular formula is C17H22N2O6S. The normalized spacial score (nSPS) is 17.1. The number of sulfonamides is 1. The fraction of sp³-hybridized carbons (Fsp3) is 0.412. The summed E-state index contributed by atoms with van der Waals surface area (Å²) in [6, 6.07) is 4.64. The van der Waals surface area contributed by atoms with Crippen molar-refractivity contribution in [3.8, 4) is 0 Å². The van der Waals surface area contributed by atoms with E-state index < -0.39 is 27.9 Å². The van der Waals surface area contributed by atoms with Crippen LogP contribution in [0.15, 0.2) is 41.3 Å². The minimum atomic E-state index is -3.88. The number of benzene rings is 1. The smallest absolute Gasteiger partial charge is 0.326 e. The lowest BCUT2D eigenvalue weighted by Crippen LogP contribution is -2.43. The quantitative estimate of drug-likeness (QED) is 0.676. The van der Waals surface area contributed by atoms with E-state index in [9.17, 15) is 23.1 Å². The van der Waals surface area contributed by atoms with E-state index >= 15 is 0 Å². The minimum absolute atomic E-state index is 0.0780. The van der Waals surface area contributed by atoms with Gasteiger partial charge in [-0.2, -0.15) is 4.31 Å². The molecule has 0 aliphatic carbocycles. The number of rotatable bonds is 7. The Kier molecular flexibility index (Phi) is 6.90. The van der Waals surface area contributed by atoms with E-state index in [1.165, 1.54) is 28.6 Å². The summed E-state index contributed by atoms with van der Waals surface area (Å²) in [4.78, 5) is 23.7. The average molecular weight is 382 g/mol. The zero-order chi connectivity index (χ0) is 19.2. The van der Waals surface area contributed by atoms with Crippen LogP contribution in [0.4, 0.5) is 0 Å². The predicted molar refractivity (Wildman–Crippen MR) is 94.3 cm³/mol. The molecule has 1 aromatic carbocycles. The molecule has 0 aromatic heterocycles. The predicted octanol–water partition coefficient (Wildman–Crippen LogP) is 0.857. The van der Waals surface area contributed by atoms with E-state index in [0.717, 1.165) is 0 Å². The van der Waals surface area contributed by atoms with Crippen LogP contribution < -0.4 is 5.32 Å². The highest BCUT2D eigenvalue weighted by Crippen LogP contribution is 2.21. The lowest BCUT2D eigenvalue weighted by Gasteiger charge is -2.27. The first-order chi connectivity index (χ1) is 12.4. The number of ether oxygens (including phenoxy) is 1. The van der Waals surface area contributed by atoms with Crippen LogP contribution in [0.3, 0.4) is 0 Å². The summed E-state index contributed by atoms with van der Waals surface area (Å²) < 4.78 is 32.2. The van der Waals surface area contributed by atoms with E-state index in [-0.39, 0.29) is 43.2 Å². The summed E-state index contributed by atoms with van der Waals surface area (Å²) in [5.41, 5.74) is -0.0780. The molecule has 9 heteroatoms. The van der Waals surface area contributed by atoms with Crippen LogP contribution in [-0.2, 0) is 19.6 Å². The number of carbonyl (C=O) groups is 2. The van der Waals surface area contributed by atoms with Crippen LogP contribution in [0.25, 0.3) is 0 Å². The van der Waals surface area contributed by atoms with Gasteiger partial charge in [-0.3, -0.25) is 4.79 Å². The SMILES string of the molecule is C/C=C/CC(NC(=O)c1ccccc1S(=O)(=O)N1CCOCC1)C(=O)O. The number of hydrogen-bond acceptors (Lipinski definition) is 5. The number of hydrogen-bond donors (Lipinski definition) is 2. The molecule has 0 saturated carbocycles. The zero-order valence-corrected chi connectivity index (χ0v) is 15.2. The molecule has 1 atom stereocenters. The van der Waals surface area contributed by atoms with Gasteiger partial charge in [0.25, 0.3) is 5.91 Å². The van der Waals surface area contributed by atoms with Gasteiger partial charge in [0.1, 0.15) is 6.04 Å². The van der Waals surface area contributed by atoms with Crippen LogP contribution >= 0.6 is 0 Å². The van der Waals surface area contributed by atoms with Crippen LogP contribution in [0.1, 0.15) is 23.7 Å². The molecule has 1 saturated heterocycles. The Morgan fingerprint density at radius 2 is 1.96 bits per heavy atom. The first-order valence-corrected chi connectivity index (χ1v) is 9.63. The van der Waals surface area contributed by atoms with Gasteiger partial charge < -0.3 is 15.2 Å². The number of nitrogens with one attached hydrogen (secondary N) is 1. The maximum atomic E-state index is 12.9. The molecule has 8 nitrogen and oxygen atoms in total. The third kappa shape index (κ3) is 4.69. The molecule has 26 heavy (non-hydrogen) atoms. The van der Waals surface area contributed by atoms with Crippen LogP contribution in [0, 0.1) is 0 Å². The van der Waals surface area contributed by atoms with Crippen LogP contribution in [0.5, 0.6) is 0 Å². The summed E-state index contributed by atoms with van der Waals surface area (Å²) in [5.74, 6) is -1.93. The van der Waals surface area contributed by atoms with Gasteiger partial charge in [-0.15, -0.1) is 0 Å². The third-order valence-electron chi connectivity index (χ3n) is 3.93. The summed E-state index contributed by atoms with van der Waals surface area (Å²) in [6.45, 7) is 2.73. The Labute approximate surface area is 152 Å². The van der Waals surface area contributed by atoms with Crippen molar-refractivity contribution in [2.45, 2.75) is 24.3 Å². The number of morpholine rings is 1. The molecule has 2 rings (SSSR count). The average Bonchev–Trinajstić information content (AvgIpc) is 2.65. The Morgan fingerprint density at radius 3 is 2.58 bits per heavy atom. The van der Waals surface area contributed by atoms with Gasteiger partial charge in [-0.25, -0.2) is 13.2 Å². The van der Waals surface area contributed by atoms with Gasteiger partial charge in [-0.05, 0) is 25.5 Å². The fourth-order valence-electron chi connectivity index (χ4n) is 2.53. The van der Waals surface area contributed by atoms with Crippen LogP contribution in [-0.4, -0.2) is 62.1 Å². The van der Waals surface area contributed by atoms with E-state index in [1.807, 2.05) is 0 Å². The van der Waals surface area contributed by atoms with Crippen molar-refractivity contribution in [3.63, 3.8) is 0 Å². The number of carboxylic acid groups (broad SMARTS) is 1. The highest BCUT2D eigenvalue weighted by atomic mass is 32.2. The minimum Gasteiger partial charge on any atom is -0.480 e. The van der Waals surface area contributed by atoms with E-state index in [1.54, 1.807) is 19.1 Å². The van der Waals surface area contributed by atoms with E-state index in [2.05, 4.69) is 5.32 Å². The number of carboxylic acids is 1. The Bertz CT molecular complexity index is 784. The molecule has 1 amide bonds. The summed E-state index contributed by atoms with van der Waals surface area (Å²) >= 11 is 0. The molecule has 142 valence electrons. The molecule has 1 fully saturated rings. The number of nitrogens with zero attached hydrogens (tertiary/aromatic N) is 1. The van der Waals surface area contributed by atoms with Gasteiger partial charge in [-0.1, -0.05) is 24.3 Å². The Hall–Kier alpha value is -2.23. The van der Waals surface area contributed by atoms with Gasteiger partial charge >= 0.3 is 5.97 Å². The monoisotopic (exact) mass is 382 g/mol. The number of allylic oxidation sites excluding steroid dienone is 1. The molecule has 1 aromatic rings. The molecule has 0 radical (unpaired) electrons. The van der Waals surface area contributed by atoms with Gasteiger partial charge in [0.05, 0.1) is 23.7 Å². The molecule has 1 unspecified atom stereocenters. The largest absolute Gasteiger partial charge is 0.480 e. The van der Waals surface area contributed by atoms with Crippen molar-refractivity contribution in [3.05, 3.63) is 42.0 Å². The molecule has 1 heterocycles. The molecule has 1 aliphatic heterocycles. The second kappa shape index (κ2) is 8.93. The van der Waals surface area contributed by atoms with Crippen molar-refractivity contribution in [1.29, 1.82) is 0 Å². The summed E-state index contributed by atoms with van der Waals surface area (Å²) in [6.07, 6.45) is 3.41. The van der Waals surface area contributed by atoms with Gasteiger partial charge in [0, 0.05) is 13.1 Å². The highest BCUT2D eigenvalue weighted by molar-refractivity contribution is 7.89. The zero-order valence-electron chi connectivity index (χ0n) is 14.4. The fourth-order valence-corrected chi connectivity index (χ4v) is 4.13. The number of amides is 1. The standard InChI is InChI=1S/C17H22N2O6S/c1-2-3-7-14(17(21)22)18-16(20)13-6-4-5-8-15(13)26(23,24)19-9-11-25-12-10-19/h2-6,8,14H,7,9-12H2,1H3,(H,18,20)(H,21,22)/b3-2+. The molecule has 2 N–H and O–H groups in total. The third-order valence-corrected chi connectivity index (χ3v) is 5.89. The molecular weight excluding hydrogens is 360 g/mol. The van der Waals surface area contributed by atoms with Crippen LogP contribution in [0.2, 0.25) is 0 Å². The first-order valence-electron chi connectivity index (χ1n) is 8.19. The first kappa shape index (κ1) is 20.1. The Balaban J connectivity index is 2.30. The molecule has 0 spiro atoms. The van der Waals surface area contributed by atoms with Crippen molar-refractivity contribution < 1.29 is 27.9 Å². The van der Waals surface area contributed by atoms with Crippen molar-refractivity contribution in [2.24, 2.45) is 0 Å². The maximum Gasteiger partial charge on any atom is 0.326 e. The lowest BCUT2D eigenvalue weighted by molar-refractivity contribution is -0.139. The number of carbonyl (C=O) groups excluding carboxylic acids is 1. The van der Waals surface area contributed by atoms with Gasteiger partial charge in [0.2, 0.25) is 10.0 Å². The molecule has 1 aliphatic rings. The van der Waals surface area contributed by atoms with E-state index in [4.69, 9.17) is 4.74 Å². The summed E-state index contributed by atoms with van der Waals surface area (Å²) in [7, 11) is -3.88. The summed E-state index contributed by atoms with van der Waals surface area (Å²) in [5, 5.41) is 11.6. The Morgan fingerprint density at radius 1 is 1.31 bits per heavy atom. The van der Waals surface area contributed by atoms with Crippen molar-refractivity contribution in [1.82, 2.24) is 9.62 Å². The second-order valence-electron chi connectivity index (χ2n) is 5.68.